The van der Waals surface area contributed by atoms with E-state index in [2.05, 4.69) is 4.99 Å². The lowest BCUT2D eigenvalue weighted by molar-refractivity contribution is -0.143. The number of aromatic nitrogens is 1. The molecule has 4 aromatic rings. The molecule has 0 radical (unpaired) electrons. The van der Waals surface area contributed by atoms with Crippen LogP contribution in [0, 0.1) is 0 Å². The number of hydrogen-bond donors (Lipinski definition) is 0. The summed E-state index contributed by atoms with van der Waals surface area (Å²) in [5.41, 5.74) is 2.28. The van der Waals surface area contributed by atoms with Crippen molar-refractivity contribution in [2.45, 2.75) is 20.4 Å². The molecule has 0 atom stereocenters. The topological polar surface area (TPSA) is 104 Å². The summed E-state index contributed by atoms with van der Waals surface area (Å²) in [6.07, 6.45) is 0. The van der Waals surface area contributed by atoms with Gasteiger partial charge in [0, 0.05) is 16.7 Å². The second kappa shape index (κ2) is 11.6. The Morgan fingerprint density at radius 3 is 2.08 bits per heavy atom. The van der Waals surface area contributed by atoms with Gasteiger partial charge in [0.2, 0.25) is 0 Å². The average molecular weight is 517 g/mol. The lowest BCUT2D eigenvalue weighted by Crippen LogP contribution is -2.23. The van der Waals surface area contributed by atoms with Gasteiger partial charge in [0.1, 0.15) is 6.54 Å². The molecule has 8 nitrogen and oxygen atoms in total. The minimum Gasteiger partial charge on any atom is -0.465 e. The van der Waals surface area contributed by atoms with Crippen LogP contribution in [0.25, 0.3) is 10.2 Å². The summed E-state index contributed by atoms with van der Waals surface area (Å²) < 4.78 is 12.4. The number of thiazole rings is 1. The summed E-state index contributed by atoms with van der Waals surface area (Å²) in [6.45, 7) is 3.74. The maximum absolute atomic E-state index is 13.0. The Kier molecular flexibility index (Phi) is 8.05. The fourth-order valence-corrected chi connectivity index (χ4v) is 4.73. The zero-order chi connectivity index (χ0) is 26.4. The first-order valence-corrected chi connectivity index (χ1v) is 12.5. The van der Waals surface area contributed by atoms with E-state index in [0.29, 0.717) is 26.9 Å². The van der Waals surface area contributed by atoms with Gasteiger partial charge in [-0.25, -0.2) is 4.79 Å². The van der Waals surface area contributed by atoms with Gasteiger partial charge >= 0.3 is 11.9 Å². The molecule has 0 aliphatic carbocycles. The van der Waals surface area contributed by atoms with Gasteiger partial charge in [0.25, 0.3) is 5.91 Å². The van der Waals surface area contributed by atoms with Crippen molar-refractivity contribution < 1.29 is 28.7 Å². The van der Waals surface area contributed by atoms with Crippen molar-refractivity contribution in [3.05, 3.63) is 99.9 Å². The van der Waals surface area contributed by atoms with E-state index < -0.39 is 17.8 Å². The van der Waals surface area contributed by atoms with E-state index in [4.69, 9.17) is 9.47 Å². The smallest absolute Gasteiger partial charge is 0.338 e. The van der Waals surface area contributed by atoms with Gasteiger partial charge in [-0.15, -0.1) is 0 Å². The van der Waals surface area contributed by atoms with E-state index in [1.54, 1.807) is 85.1 Å². The molecule has 9 heteroatoms. The molecular formula is C28H24N2O6S. The van der Waals surface area contributed by atoms with Crippen LogP contribution >= 0.6 is 11.3 Å². The zero-order valence-electron chi connectivity index (χ0n) is 20.3. The van der Waals surface area contributed by atoms with Crippen LogP contribution in [0.15, 0.2) is 77.8 Å². The van der Waals surface area contributed by atoms with Crippen molar-refractivity contribution >= 4 is 45.2 Å². The number of ether oxygens (including phenoxy) is 2. The quantitative estimate of drug-likeness (QED) is 0.254. The van der Waals surface area contributed by atoms with Gasteiger partial charge in [-0.3, -0.25) is 14.4 Å². The SMILES string of the molecule is CCOC(=O)Cn1c(=NC(=O)c2ccc(C(=O)c3ccccc3)cc2)sc2cc(C(=O)OCC)ccc21. The van der Waals surface area contributed by atoms with Crippen LogP contribution in [0.2, 0.25) is 0 Å². The van der Waals surface area contributed by atoms with Gasteiger partial charge in [0.15, 0.2) is 10.6 Å². The van der Waals surface area contributed by atoms with E-state index in [9.17, 15) is 19.2 Å². The molecule has 1 amide bonds. The van der Waals surface area contributed by atoms with Gasteiger partial charge in [-0.05, 0) is 44.2 Å². The lowest BCUT2D eigenvalue weighted by Gasteiger charge is -2.06. The summed E-state index contributed by atoms with van der Waals surface area (Å²) in [4.78, 5) is 54.6. The van der Waals surface area contributed by atoms with Gasteiger partial charge in [-0.1, -0.05) is 53.8 Å². The van der Waals surface area contributed by atoms with E-state index >= 15 is 0 Å². The molecule has 0 spiro atoms. The molecule has 3 aromatic carbocycles. The highest BCUT2D eigenvalue weighted by atomic mass is 32.1. The third-order valence-electron chi connectivity index (χ3n) is 5.41. The Balaban J connectivity index is 1.69. The van der Waals surface area contributed by atoms with E-state index in [1.807, 2.05) is 6.07 Å². The lowest BCUT2D eigenvalue weighted by atomic mass is 10.0. The van der Waals surface area contributed by atoms with Crippen LogP contribution in [0.4, 0.5) is 0 Å². The molecule has 0 aliphatic heterocycles. The second-order valence-corrected chi connectivity index (χ2v) is 8.88. The summed E-state index contributed by atoms with van der Waals surface area (Å²) in [7, 11) is 0. The van der Waals surface area contributed by atoms with Crippen molar-refractivity contribution in [1.82, 2.24) is 4.57 Å². The van der Waals surface area contributed by atoms with Crippen molar-refractivity contribution in [3.63, 3.8) is 0 Å². The highest BCUT2D eigenvalue weighted by Gasteiger charge is 2.16. The van der Waals surface area contributed by atoms with E-state index in [1.165, 1.54) is 11.3 Å². The minimum absolute atomic E-state index is 0.147. The van der Waals surface area contributed by atoms with Crippen molar-refractivity contribution in [2.75, 3.05) is 13.2 Å². The third-order valence-corrected chi connectivity index (χ3v) is 6.45. The molecular weight excluding hydrogens is 492 g/mol. The Morgan fingerprint density at radius 2 is 1.41 bits per heavy atom. The number of esters is 2. The molecule has 0 bridgehead atoms. The first-order valence-electron chi connectivity index (χ1n) is 11.7. The molecule has 0 saturated heterocycles. The second-order valence-electron chi connectivity index (χ2n) is 7.87. The molecule has 0 fully saturated rings. The molecule has 4 rings (SSSR count). The molecule has 0 saturated carbocycles. The van der Waals surface area contributed by atoms with Gasteiger partial charge < -0.3 is 14.0 Å². The van der Waals surface area contributed by atoms with Crippen molar-refractivity contribution in [3.8, 4) is 0 Å². The van der Waals surface area contributed by atoms with Crippen LogP contribution in [-0.2, 0) is 20.8 Å². The number of ketones is 1. The Morgan fingerprint density at radius 1 is 0.784 bits per heavy atom. The zero-order valence-corrected chi connectivity index (χ0v) is 21.1. The highest BCUT2D eigenvalue weighted by molar-refractivity contribution is 7.16. The molecule has 0 aliphatic rings. The summed E-state index contributed by atoms with van der Waals surface area (Å²) >= 11 is 1.17. The maximum atomic E-state index is 13.0. The summed E-state index contributed by atoms with van der Waals surface area (Å²) in [5.74, 6) is -1.62. The first-order chi connectivity index (χ1) is 17.9. The Hall–Kier alpha value is -4.37. The van der Waals surface area contributed by atoms with Crippen LogP contribution in [-0.4, -0.2) is 41.4 Å². The van der Waals surface area contributed by atoms with Crippen LogP contribution in [0.5, 0.6) is 0 Å². The van der Waals surface area contributed by atoms with Crippen LogP contribution in [0.3, 0.4) is 0 Å². The van der Waals surface area contributed by atoms with Crippen molar-refractivity contribution in [1.29, 1.82) is 0 Å². The van der Waals surface area contributed by atoms with Gasteiger partial charge in [-0.2, -0.15) is 4.99 Å². The summed E-state index contributed by atoms with van der Waals surface area (Å²) in [6, 6.07) is 20.1. The molecule has 188 valence electrons. The van der Waals surface area contributed by atoms with Crippen molar-refractivity contribution in [2.24, 2.45) is 4.99 Å². The minimum atomic E-state index is -0.534. The fourth-order valence-electron chi connectivity index (χ4n) is 3.66. The number of amides is 1. The normalized spacial score (nSPS) is 11.4. The number of nitrogens with zero attached hydrogens (tertiary/aromatic N) is 2. The number of fused-ring (bicyclic) bond motifs is 1. The molecule has 1 aromatic heterocycles. The predicted octanol–water partition coefficient (Wildman–Crippen LogP) is 4.41. The standard InChI is InChI=1S/C28H24N2O6S/c1-3-35-24(31)17-30-22-15-14-21(27(34)36-4-2)16-23(22)37-28(30)29-26(33)20-12-10-19(11-13-20)25(32)18-8-6-5-7-9-18/h5-16H,3-4,17H2,1-2H3. The highest BCUT2D eigenvalue weighted by Crippen LogP contribution is 2.20. The Labute approximate surface area is 216 Å². The van der Waals surface area contributed by atoms with E-state index in [-0.39, 0.29) is 35.9 Å². The average Bonchev–Trinajstić information content (AvgIpc) is 3.24. The van der Waals surface area contributed by atoms with Crippen LogP contribution < -0.4 is 4.80 Å². The number of carbonyl (C=O) groups is 4. The summed E-state index contributed by atoms with van der Waals surface area (Å²) in [5, 5.41) is 0. The Bertz CT molecular complexity index is 1530. The number of benzene rings is 3. The first kappa shape index (κ1) is 25.7. The third kappa shape index (κ3) is 5.90. The predicted molar refractivity (Wildman–Crippen MR) is 139 cm³/mol. The monoisotopic (exact) mass is 516 g/mol. The number of carbonyl (C=O) groups excluding carboxylic acids is 4. The molecule has 37 heavy (non-hydrogen) atoms. The molecule has 0 N–H and O–H groups in total. The van der Waals surface area contributed by atoms with Crippen LogP contribution in [0.1, 0.15) is 50.5 Å². The number of rotatable bonds is 8. The molecule has 0 unspecified atom stereocenters. The largest absolute Gasteiger partial charge is 0.465 e. The van der Waals surface area contributed by atoms with Gasteiger partial charge in [0.05, 0.1) is 29.0 Å². The maximum Gasteiger partial charge on any atom is 0.338 e. The fraction of sp³-hybridized carbons (Fsp3) is 0.179. The van der Waals surface area contributed by atoms with E-state index in [0.717, 1.165) is 0 Å². The number of hydrogen-bond acceptors (Lipinski definition) is 7. The molecule has 1 heterocycles.